The molecular formula is C15H15ClN2O3. The molecule has 0 aliphatic carbocycles. The summed E-state index contributed by atoms with van der Waals surface area (Å²) in [5, 5.41) is 0.567. The molecule has 2 aromatic carbocycles. The highest BCUT2D eigenvalue weighted by Crippen LogP contribution is 2.26. The first-order chi connectivity index (χ1) is 10.0. The van der Waals surface area contributed by atoms with Gasteiger partial charge in [-0.1, -0.05) is 11.6 Å². The number of ether oxygens (including phenoxy) is 2. The third-order valence-corrected chi connectivity index (χ3v) is 3.13. The molecule has 0 atom stereocenters. The minimum atomic E-state index is -0.581. The summed E-state index contributed by atoms with van der Waals surface area (Å²) in [6, 6.07) is 9.87. The van der Waals surface area contributed by atoms with E-state index >= 15 is 0 Å². The molecule has 0 aliphatic heterocycles. The Morgan fingerprint density at radius 1 is 1.19 bits per heavy atom. The van der Waals surface area contributed by atoms with Gasteiger partial charge in [-0.15, -0.1) is 0 Å². The van der Waals surface area contributed by atoms with E-state index in [4.69, 9.17) is 32.5 Å². The molecule has 6 heteroatoms. The fraction of sp³-hybridized carbons (Fsp3) is 0.133. The highest BCUT2D eigenvalue weighted by molar-refractivity contribution is 6.30. The van der Waals surface area contributed by atoms with Crippen LogP contribution in [0, 0.1) is 0 Å². The molecule has 0 aromatic heterocycles. The van der Waals surface area contributed by atoms with Crippen molar-refractivity contribution in [3.05, 3.63) is 52.5 Å². The van der Waals surface area contributed by atoms with Crippen molar-refractivity contribution in [2.75, 3.05) is 12.8 Å². The van der Waals surface area contributed by atoms with Crippen LogP contribution in [0.3, 0.4) is 0 Å². The van der Waals surface area contributed by atoms with Gasteiger partial charge < -0.3 is 20.9 Å². The molecule has 0 radical (unpaired) electrons. The number of carbonyl (C=O) groups excluding carboxylic acids is 1. The second-order valence-corrected chi connectivity index (χ2v) is 4.80. The lowest BCUT2D eigenvalue weighted by Gasteiger charge is -2.13. The van der Waals surface area contributed by atoms with E-state index in [-0.39, 0.29) is 12.2 Å². The Morgan fingerprint density at radius 2 is 1.95 bits per heavy atom. The quantitative estimate of drug-likeness (QED) is 0.831. The first kappa shape index (κ1) is 15.0. The Labute approximate surface area is 127 Å². The number of methoxy groups -OCH3 is 1. The third-order valence-electron chi connectivity index (χ3n) is 2.90. The summed E-state index contributed by atoms with van der Waals surface area (Å²) in [6.07, 6.45) is 0. The van der Waals surface area contributed by atoms with Gasteiger partial charge in [-0.2, -0.15) is 0 Å². The van der Waals surface area contributed by atoms with Gasteiger partial charge in [0.15, 0.2) is 0 Å². The van der Waals surface area contributed by atoms with Gasteiger partial charge in [0.25, 0.3) is 5.91 Å². The summed E-state index contributed by atoms with van der Waals surface area (Å²) < 4.78 is 10.9. The minimum Gasteiger partial charge on any atom is -0.496 e. The maximum Gasteiger partial charge on any atom is 0.252 e. The summed E-state index contributed by atoms with van der Waals surface area (Å²) in [5.41, 5.74) is 12.5. The van der Waals surface area contributed by atoms with E-state index in [1.807, 2.05) is 0 Å². The largest absolute Gasteiger partial charge is 0.496 e. The van der Waals surface area contributed by atoms with Crippen molar-refractivity contribution >= 4 is 23.2 Å². The van der Waals surface area contributed by atoms with Crippen LogP contribution in [-0.2, 0) is 6.61 Å². The van der Waals surface area contributed by atoms with Crippen LogP contribution >= 0.6 is 11.6 Å². The van der Waals surface area contributed by atoms with E-state index in [2.05, 4.69) is 0 Å². The van der Waals surface area contributed by atoms with Crippen LogP contribution < -0.4 is 20.9 Å². The predicted octanol–water partition coefficient (Wildman–Crippen LogP) is 2.61. The molecule has 4 N–H and O–H groups in total. The van der Waals surface area contributed by atoms with E-state index in [0.717, 1.165) is 5.56 Å². The summed E-state index contributed by atoms with van der Waals surface area (Å²) in [4.78, 5) is 11.4. The van der Waals surface area contributed by atoms with Crippen molar-refractivity contribution in [2.24, 2.45) is 5.73 Å². The van der Waals surface area contributed by atoms with Crippen molar-refractivity contribution < 1.29 is 14.3 Å². The van der Waals surface area contributed by atoms with Crippen molar-refractivity contribution in [3.63, 3.8) is 0 Å². The summed E-state index contributed by atoms with van der Waals surface area (Å²) in [5.74, 6) is 0.386. The lowest BCUT2D eigenvalue weighted by molar-refractivity contribution is 0.0996. The molecule has 0 heterocycles. The number of anilines is 1. The van der Waals surface area contributed by atoms with E-state index in [1.165, 1.54) is 6.07 Å². The average Bonchev–Trinajstić information content (AvgIpc) is 2.45. The molecule has 5 nitrogen and oxygen atoms in total. The Kier molecular flexibility index (Phi) is 4.55. The lowest BCUT2D eigenvalue weighted by atomic mass is 10.1. The van der Waals surface area contributed by atoms with Crippen LogP contribution in [0.15, 0.2) is 36.4 Å². The molecule has 21 heavy (non-hydrogen) atoms. The monoisotopic (exact) mass is 306 g/mol. The SMILES string of the molecule is COc1ccc(Cl)cc1COc1cc(N)ccc1C(N)=O. The van der Waals surface area contributed by atoms with E-state index in [0.29, 0.717) is 22.2 Å². The third kappa shape index (κ3) is 3.58. The number of rotatable bonds is 5. The highest BCUT2D eigenvalue weighted by atomic mass is 35.5. The average molecular weight is 307 g/mol. The number of nitrogens with two attached hydrogens (primary N) is 2. The van der Waals surface area contributed by atoms with Crippen LogP contribution in [0.5, 0.6) is 11.5 Å². The topological polar surface area (TPSA) is 87.6 Å². The molecule has 0 bridgehead atoms. The number of carbonyl (C=O) groups is 1. The van der Waals surface area contributed by atoms with Gasteiger partial charge in [-0.05, 0) is 30.3 Å². The summed E-state index contributed by atoms with van der Waals surface area (Å²) >= 11 is 5.96. The molecule has 2 aromatic rings. The smallest absolute Gasteiger partial charge is 0.252 e. The maximum atomic E-state index is 11.4. The molecule has 0 fully saturated rings. The van der Waals surface area contributed by atoms with Crippen molar-refractivity contribution in [3.8, 4) is 11.5 Å². The molecule has 0 aliphatic rings. The Morgan fingerprint density at radius 3 is 2.62 bits per heavy atom. The van der Waals surface area contributed by atoms with Crippen LogP contribution in [0.1, 0.15) is 15.9 Å². The molecule has 1 amide bonds. The van der Waals surface area contributed by atoms with E-state index in [1.54, 1.807) is 37.4 Å². The maximum absolute atomic E-state index is 11.4. The molecule has 0 saturated carbocycles. The fourth-order valence-corrected chi connectivity index (χ4v) is 2.07. The van der Waals surface area contributed by atoms with Crippen molar-refractivity contribution in [1.29, 1.82) is 0 Å². The fourth-order valence-electron chi connectivity index (χ4n) is 1.88. The number of hydrogen-bond donors (Lipinski definition) is 2. The Balaban J connectivity index is 2.26. The Bertz CT molecular complexity index is 674. The number of benzene rings is 2. The zero-order chi connectivity index (χ0) is 15.4. The highest BCUT2D eigenvalue weighted by Gasteiger charge is 2.11. The van der Waals surface area contributed by atoms with Crippen LogP contribution in [0.4, 0.5) is 5.69 Å². The molecule has 0 spiro atoms. The molecule has 110 valence electrons. The van der Waals surface area contributed by atoms with Crippen LogP contribution in [0.2, 0.25) is 5.02 Å². The van der Waals surface area contributed by atoms with Gasteiger partial charge in [0.05, 0.1) is 12.7 Å². The predicted molar refractivity (Wildman–Crippen MR) is 81.7 cm³/mol. The van der Waals surface area contributed by atoms with E-state index in [9.17, 15) is 4.79 Å². The van der Waals surface area contributed by atoms with Gasteiger partial charge in [0.1, 0.15) is 18.1 Å². The first-order valence-electron chi connectivity index (χ1n) is 6.16. The molecule has 0 unspecified atom stereocenters. The number of hydrogen-bond acceptors (Lipinski definition) is 4. The number of nitrogen functional groups attached to an aromatic ring is 1. The van der Waals surface area contributed by atoms with Gasteiger partial charge in [-0.25, -0.2) is 0 Å². The van der Waals surface area contributed by atoms with Gasteiger partial charge in [-0.3, -0.25) is 4.79 Å². The zero-order valence-corrected chi connectivity index (χ0v) is 12.2. The zero-order valence-electron chi connectivity index (χ0n) is 11.4. The first-order valence-corrected chi connectivity index (χ1v) is 6.53. The minimum absolute atomic E-state index is 0.174. The Hall–Kier alpha value is -2.40. The second kappa shape index (κ2) is 6.37. The van der Waals surface area contributed by atoms with Crippen molar-refractivity contribution in [1.82, 2.24) is 0 Å². The van der Waals surface area contributed by atoms with Gasteiger partial charge in [0, 0.05) is 22.3 Å². The number of halogens is 1. The lowest BCUT2D eigenvalue weighted by Crippen LogP contribution is -2.13. The summed E-state index contributed by atoms with van der Waals surface area (Å²) in [6.45, 7) is 0.174. The van der Waals surface area contributed by atoms with Gasteiger partial charge >= 0.3 is 0 Å². The second-order valence-electron chi connectivity index (χ2n) is 4.36. The standard InChI is InChI=1S/C15H15ClN2O3/c1-20-13-5-2-10(16)6-9(13)8-21-14-7-11(17)3-4-12(14)15(18)19/h2-7H,8,17H2,1H3,(H2,18,19). The van der Waals surface area contributed by atoms with Gasteiger partial charge in [0.2, 0.25) is 0 Å². The van der Waals surface area contributed by atoms with Crippen LogP contribution in [-0.4, -0.2) is 13.0 Å². The molecule has 0 saturated heterocycles. The molecular weight excluding hydrogens is 292 g/mol. The summed E-state index contributed by atoms with van der Waals surface area (Å²) in [7, 11) is 1.56. The normalized spacial score (nSPS) is 10.2. The van der Waals surface area contributed by atoms with E-state index < -0.39 is 5.91 Å². The number of primary amides is 1. The van der Waals surface area contributed by atoms with Crippen molar-refractivity contribution in [2.45, 2.75) is 6.61 Å². The van der Waals surface area contributed by atoms with Crippen LogP contribution in [0.25, 0.3) is 0 Å². The molecule has 2 rings (SSSR count). The number of amides is 1.